The topological polar surface area (TPSA) is 18.5 Å². The first-order chi connectivity index (χ1) is 15.5. The molecule has 0 spiro atoms. The van der Waals surface area contributed by atoms with E-state index in [1.54, 1.807) is 0 Å². The van der Waals surface area contributed by atoms with Gasteiger partial charge in [0.05, 0.1) is 19.3 Å². The van der Waals surface area contributed by atoms with Crippen LogP contribution in [0.4, 0.5) is 17.6 Å². The molecule has 1 unspecified atom stereocenters. The van der Waals surface area contributed by atoms with Crippen molar-refractivity contribution in [2.75, 3.05) is 13.2 Å². The van der Waals surface area contributed by atoms with E-state index in [9.17, 15) is 8.78 Å². The van der Waals surface area contributed by atoms with Crippen LogP contribution in [0.5, 0.6) is 5.75 Å². The third-order valence-electron chi connectivity index (χ3n) is 6.20. The van der Waals surface area contributed by atoms with Crippen molar-refractivity contribution in [2.45, 2.75) is 64.9 Å². The first kappa shape index (κ1) is 22.8. The number of halogens is 4. The Morgan fingerprint density at radius 2 is 1.62 bits per heavy atom. The molecule has 0 saturated heterocycles. The monoisotopic (exact) mass is 448 g/mol. The van der Waals surface area contributed by atoms with Gasteiger partial charge in [-0.05, 0) is 60.9 Å². The number of unbranched alkanes of at least 4 members (excludes halogenated alkanes) is 2. The Kier molecular flexibility index (Phi) is 6.89. The quantitative estimate of drug-likeness (QED) is 0.201. The van der Waals surface area contributed by atoms with Crippen molar-refractivity contribution in [3.63, 3.8) is 0 Å². The van der Waals surface area contributed by atoms with E-state index in [4.69, 9.17) is 9.47 Å². The smallest absolute Gasteiger partial charge is 0.201 e. The Labute approximate surface area is 186 Å². The van der Waals surface area contributed by atoms with Crippen molar-refractivity contribution >= 4 is 0 Å². The zero-order chi connectivity index (χ0) is 22.8. The first-order valence-electron chi connectivity index (χ1n) is 11.4. The van der Waals surface area contributed by atoms with Gasteiger partial charge < -0.3 is 9.47 Å². The van der Waals surface area contributed by atoms with Crippen molar-refractivity contribution in [3.05, 3.63) is 63.7 Å². The van der Waals surface area contributed by atoms with Gasteiger partial charge in [-0.15, -0.1) is 0 Å². The molecule has 0 aromatic heterocycles. The normalized spacial score (nSPS) is 17.2. The average molecular weight is 449 g/mol. The van der Waals surface area contributed by atoms with Gasteiger partial charge in [-0.25, -0.2) is 13.2 Å². The van der Waals surface area contributed by atoms with Crippen LogP contribution in [0.1, 0.15) is 75.2 Å². The van der Waals surface area contributed by atoms with Gasteiger partial charge in [0.2, 0.25) is 5.82 Å². The van der Waals surface area contributed by atoms with E-state index in [0.717, 1.165) is 25.7 Å². The van der Waals surface area contributed by atoms with Crippen LogP contribution in [0.2, 0.25) is 0 Å². The molecule has 0 radical (unpaired) electrons. The first-order valence-corrected chi connectivity index (χ1v) is 11.4. The van der Waals surface area contributed by atoms with Gasteiger partial charge >= 0.3 is 0 Å². The largest absolute Gasteiger partial charge is 0.490 e. The van der Waals surface area contributed by atoms with Crippen molar-refractivity contribution in [2.24, 2.45) is 0 Å². The minimum Gasteiger partial charge on any atom is -0.490 e. The van der Waals surface area contributed by atoms with Gasteiger partial charge in [-0.2, -0.15) is 4.39 Å². The van der Waals surface area contributed by atoms with Gasteiger partial charge in [0.25, 0.3) is 0 Å². The zero-order valence-electron chi connectivity index (χ0n) is 18.5. The molecule has 1 aliphatic carbocycles. The summed E-state index contributed by atoms with van der Waals surface area (Å²) in [6.45, 7) is 4.63. The fraction of sp³-hybridized carbons (Fsp3) is 0.462. The summed E-state index contributed by atoms with van der Waals surface area (Å²) in [5.74, 6) is -4.79. The summed E-state index contributed by atoms with van der Waals surface area (Å²) in [5.41, 5.74) is 1.71. The highest BCUT2D eigenvalue weighted by Gasteiger charge is 2.34. The minimum absolute atomic E-state index is 0.126. The Morgan fingerprint density at radius 3 is 2.28 bits per heavy atom. The molecule has 1 atom stereocenters. The van der Waals surface area contributed by atoms with Crippen LogP contribution in [0.15, 0.2) is 23.8 Å². The van der Waals surface area contributed by atoms with E-state index >= 15 is 8.78 Å². The standard InChI is InChI=1S/C26H28F4O2/c1-3-5-6-7-15-8-9-19(32-14-15)18-12-16-11-17-13-20(31-10-4-2)24(28)26(30)22(17)21(16)25(29)23(18)27/h8,12-13,19H,3-7,9-11,14H2,1-2H3. The maximum atomic E-state index is 15.1. The van der Waals surface area contributed by atoms with Gasteiger partial charge in [-0.3, -0.25) is 0 Å². The summed E-state index contributed by atoms with van der Waals surface area (Å²) in [6.07, 6.45) is 7.04. The van der Waals surface area contributed by atoms with Crippen LogP contribution < -0.4 is 4.74 Å². The van der Waals surface area contributed by atoms with Gasteiger partial charge in [0.15, 0.2) is 23.2 Å². The summed E-state index contributed by atoms with van der Waals surface area (Å²) in [4.78, 5) is 0. The SMILES string of the molecule is CCCCCC1=CCC(c2cc3c(c(F)c2F)-c2c(cc(OCCC)c(F)c2F)C3)OC1. The van der Waals surface area contributed by atoms with Crippen molar-refractivity contribution < 1.29 is 27.0 Å². The third kappa shape index (κ3) is 4.17. The second-order valence-corrected chi connectivity index (χ2v) is 8.54. The van der Waals surface area contributed by atoms with E-state index in [0.29, 0.717) is 30.6 Å². The highest BCUT2D eigenvalue weighted by atomic mass is 19.2. The minimum atomic E-state index is -1.20. The molecule has 2 nitrogen and oxygen atoms in total. The molecule has 32 heavy (non-hydrogen) atoms. The fourth-order valence-corrected chi connectivity index (χ4v) is 4.53. The molecule has 1 aliphatic heterocycles. The van der Waals surface area contributed by atoms with Crippen LogP contribution in [0.3, 0.4) is 0 Å². The number of rotatable bonds is 8. The maximum absolute atomic E-state index is 15.1. The van der Waals surface area contributed by atoms with Gasteiger partial charge in [0.1, 0.15) is 0 Å². The molecule has 0 saturated carbocycles. The number of benzene rings is 2. The number of hydrogen-bond donors (Lipinski definition) is 0. The molecular formula is C26H28F4O2. The molecule has 2 aromatic rings. The second kappa shape index (κ2) is 9.65. The van der Waals surface area contributed by atoms with Crippen molar-refractivity contribution in [1.29, 1.82) is 0 Å². The van der Waals surface area contributed by atoms with Crippen LogP contribution in [0, 0.1) is 23.3 Å². The van der Waals surface area contributed by atoms with Crippen molar-refractivity contribution in [3.8, 4) is 16.9 Å². The lowest BCUT2D eigenvalue weighted by molar-refractivity contribution is 0.0567. The molecule has 0 amide bonds. The molecule has 6 heteroatoms. The lowest BCUT2D eigenvalue weighted by Crippen LogP contribution is -2.15. The molecule has 172 valence electrons. The van der Waals surface area contributed by atoms with Crippen LogP contribution in [-0.4, -0.2) is 13.2 Å². The third-order valence-corrected chi connectivity index (χ3v) is 6.20. The summed E-state index contributed by atoms with van der Waals surface area (Å²) < 4.78 is 70.6. The molecule has 4 rings (SSSR count). The molecule has 2 aromatic carbocycles. The van der Waals surface area contributed by atoms with Crippen LogP contribution >= 0.6 is 0 Å². The summed E-state index contributed by atoms with van der Waals surface area (Å²) in [7, 11) is 0. The fourth-order valence-electron chi connectivity index (χ4n) is 4.53. The number of fused-ring (bicyclic) bond motifs is 3. The van der Waals surface area contributed by atoms with E-state index in [1.807, 2.05) is 6.92 Å². The maximum Gasteiger partial charge on any atom is 0.201 e. The molecule has 1 heterocycles. The van der Waals surface area contributed by atoms with Gasteiger partial charge in [-0.1, -0.05) is 32.8 Å². The van der Waals surface area contributed by atoms with E-state index in [-0.39, 0.29) is 35.5 Å². The average Bonchev–Trinajstić information content (AvgIpc) is 3.17. The molecule has 0 bridgehead atoms. The Bertz CT molecular complexity index is 1050. The Hall–Kier alpha value is -2.34. The highest BCUT2D eigenvalue weighted by molar-refractivity contribution is 5.79. The summed E-state index contributed by atoms with van der Waals surface area (Å²) in [5, 5.41) is 0. The molecule has 0 N–H and O–H groups in total. The lowest BCUT2D eigenvalue weighted by Gasteiger charge is -2.24. The lowest BCUT2D eigenvalue weighted by atomic mass is 9.95. The van der Waals surface area contributed by atoms with Crippen molar-refractivity contribution in [1.82, 2.24) is 0 Å². The summed E-state index contributed by atoms with van der Waals surface area (Å²) >= 11 is 0. The summed E-state index contributed by atoms with van der Waals surface area (Å²) in [6, 6.07) is 2.93. The number of ether oxygens (including phenoxy) is 2. The predicted molar refractivity (Wildman–Crippen MR) is 116 cm³/mol. The Balaban J connectivity index is 1.63. The second-order valence-electron chi connectivity index (χ2n) is 8.54. The van der Waals surface area contributed by atoms with E-state index in [2.05, 4.69) is 13.0 Å². The van der Waals surface area contributed by atoms with E-state index < -0.39 is 29.4 Å². The number of hydrogen-bond acceptors (Lipinski definition) is 2. The van der Waals surface area contributed by atoms with Crippen LogP contribution in [0.25, 0.3) is 11.1 Å². The molecule has 0 fully saturated rings. The molecule has 2 aliphatic rings. The van der Waals surface area contributed by atoms with Crippen LogP contribution in [-0.2, 0) is 11.2 Å². The predicted octanol–water partition coefficient (Wildman–Crippen LogP) is 7.57. The molecular weight excluding hydrogens is 420 g/mol. The van der Waals surface area contributed by atoms with Gasteiger partial charge in [0, 0.05) is 16.7 Å². The zero-order valence-corrected chi connectivity index (χ0v) is 18.5. The Morgan fingerprint density at radius 1 is 0.906 bits per heavy atom. The highest BCUT2D eigenvalue weighted by Crippen LogP contribution is 2.46. The van der Waals surface area contributed by atoms with E-state index in [1.165, 1.54) is 17.7 Å².